The monoisotopic (exact) mass is 590 g/mol. The van der Waals surface area contributed by atoms with Gasteiger partial charge in [0.2, 0.25) is 0 Å². The van der Waals surface area contributed by atoms with E-state index in [0.717, 1.165) is 38.0 Å². The van der Waals surface area contributed by atoms with Crippen LogP contribution in [0.1, 0.15) is 36.8 Å². The van der Waals surface area contributed by atoms with Gasteiger partial charge in [-0.25, -0.2) is 0 Å². The molecule has 1 saturated heterocycles. The van der Waals surface area contributed by atoms with Crippen LogP contribution in [-0.2, 0) is 13.1 Å². The highest BCUT2D eigenvalue weighted by Crippen LogP contribution is 2.36. The minimum Gasteiger partial charge on any atom is -0.508 e. The van der Waals surface area contributed by atoms with Gasteiger partial charge in [-0.3, -0.25) is 9.80 Å². The summed E-state index contributed by atoms with van der Waals surface area (Å²) in [5.41, 5.74) is 2.01. The van der Waals surface area contributed by atoms with Crippen LogP contribution >= 0.6 is 45.2 Å². The summed E-state index contributed by atoms with van der Waals surface area (Å²) in [7, 11) is 0. The number of fused-ring (bicyclic) bond motifs is 1. The predicted octanol–water partition coefficient (Wildman–Crippen LogP) is 4.89. The summed E-state index contributed by atoms with van der Waals surface area (Å²) in [6.07, 6.45) is 4.98. The molecule has 0 amide bonds. The Morgan fingerprint density at radius 3 is 1.67 bits per heavy atom. The first-order chi connectivity index (χ1) is 13.0. The van der Waals surface area contributed by atoms with Crippen LogP contribution in [0.5, 0.6) is 11.5 Å². The highest BCUT2D eigenvalue weighted by Gasteiger charge is 2.41. The largest absolute Gasteiger partial charge is 0.508 e. The molecule has 0 bridgehead atoms. The maximum absolute atomic E-state index is 10.3. The van der Waals surface area contributed by atoms with Gasteiger partial charge in [-0.15, -0.1) is 0 Å². The number of benzene rings is 2. The Hall–Kier alpha value is -0.580. The van der Waals surface area contributed by atoms with Crippen LogP contribution in [0.15, 0.2) is 36.4 Å². The van der Waals surface area contributed by atoms with Crippen LogP contribution in [0.4, 0.5) is 0 Å². The van der Waals surface area contributed by atoms with Crippen molar-refractivity contribution in [2.24, 2.45) is 0 Å². The molecule has 2 aromatic carbocycles. The van der Waals surface area contributed by atoms with Crippen molar-refractivity contribution in [1.82, 2.24) is 9.80 Å². The predicted molar refractivity (Wildman–Crippen MR) is 124 cm³/mol. The van der Waals surface area contributed by atoms with Crippen LogP contribution in [0.25, 0.3) is 0 Å². The number of aromatic hydroxyl groups is 2. The van der Waals surface area contributed by atoms with E-state index in [1.807, 2.05) is 12.1 Å². The lowest BCUT2D eigenvalue weighted by molar-refractivity contribution is 0.196. The van der Waals surface area contributed by atoms with Crippen LogP contribution in [0, 0.1) is 7.14 Å². The van der Waals surface area contributed by atoms with Gasteiger partial charge < -0.3 is 10.2 Å². The van der Waals surface area contributed by atoms with E-state index in [0.29, 0.717) is 23.6 Å². The summed E-state index contributed by atoms with van der Waals surface area (Å²) in [5.74, 6) is 0.771. The topological polar surface area (TPSA) is 46.9 Å². The van der Waals surface area contributed by atoms with E-state index in [9.17, 15) is 10.2 Å². The second-order valence-corrected chi connectivity index (χ2v) is 10.1. The number of phenolic OH excluding ortho intramolecular Hbond substituents is 2. The van der Waals surface area contributed by atoms with Gasteiger partial charge in [0.25, 0.3) is 0 Å². The van der Waals surface area contributed by atoms with E-state index in [4.69, 9.17) is 0 Å². The molecule has 2 aliphatic rings. The molecule has 2 fully saturated rings. The Labute approximate surface area is 187 Å². The second-order valence-electron chi connectivity index (χ2n) is 7.60. The molecule has 27 heavy (non-hydrogen) atoms. The van der Waals surface area contributed by atoms with Crippen molar-refractivity contribution in [2.45, 2.75) is 50.9 Å². The number of halogens is 2. The molecule has 4 nitrogen and oxygen atoms in total. The molecule has 2 atom stereocenters. The van der Waals surface area contributed by atoms with Crippen molar-refractivity contribution in [3.8, 4) is 11.5 Å². The van der Waals surface area contributed by atoms with Gasteiger partial charge in [0.05, 0.1) is 6.67 Å². The summed E-state index contributed by atoms with van der Waals surface area (Å²) in [6.45, 7) is 2.43. The first-order valence-electron chi connectivity index (χ1n) is 9.44. The molecule has 144 valence electrons. The average Bonchev–Trinajstić information content (AvgIpc) is 2.99. The first kappa shape index (κ1) is 19.7. The van der Waals surface area contributed by atoms with Crippen molar-refractivity contribution in [1.29, 1.82) is 0 Å². The van der Waals surface area contributed by atoms with Crippen molar-refractivity contribution >= 4 is 45.2 Å². The zero-order valence-corrected chi connectivity index (χ0v) is 19.4. The summed E-state index contributed by atoms with van der Waals surface area (Å²) in [5, 5.41) is 20.6. The van der Waals surface area contributed by atoms with Crippen LogP contribution in [0.3, 0.4) is 0 Å². The molecule has 0 spiro atoms. The lowest BCUT2D eigenvalue weighted by Crippen LogP contribution is -2.39. The molecular weight excluding hydrogens is 566 g/mol. The third-order valence-corrected chi connectivity index (χ3v) is 7.17. The summed E-state index contributed by atoms with van der Waals surface area (Å²) in [6, 6.07) is 12.7. The SMILES string of the molecule is Oc1ccc(I)cc1CN1CN(Cc2cc(I)ccc2O)[C@H]2CCCC[C@H]21. The smallest absolute Gasteiger partial charge is 0.120 e. The highest BCUT2D eigenvalue weighted by molar-refractivity contribution is 14.1. The number of nitrogens with zero attached hydrogens (tertiary/aromatic N) is 2. The molecule has 1 aliphatic heterocycles. The van der Waals surface area contributed by atoms with E-state index in [-0.39, 0.29) is 0 Å². The number of hydrogen-bond donors (Lipinski definition) is 2. The zero-order valence-electron chi connectivity index (χ0n) is 15.1. The lowest BCUT2D eigenvalue weighted by Gasteiger charge is -2.32. The van der Waals surface area contributed by atoms with Crippen molar-refractivity contribution in [3.63, 3.8) is 0 Å². The molecule has 4 rings (SSSR count). The fraction of sp³-hybridized carbons (Fsp3) is 0.429. The van der Waals surface area contributed by atoms with Gasteiger partial charge in [0.15, 0.2) is 0 Å². The minimum absolute atomic E-state index is 0.386. The molecular formula is C21H24I2N2O2. The van der Waals surface area contributed by atoms with Crippen molar-refractivity contribution < 1.29 is 10.2 Å². The Morgan fingerprint density at radius 2 is 1.22 bits per heavy atom. The zero-order chi connectivity index (χ0) is 19.0. The van der Waals surface area contributed by atoms with Gasteiger partial charge in [-0.05, 0) is 94.4 Å². The quantitative estimate of drug-likeness (QED) is 0.499. The van der Waals surface area contributed by atoms with Crippen molar-refractivity contribution in [2.75, 3.05) is 6.67 Å². The summed E-state index contributed by atoms with van der Waals surface area (Å²) in [4.78, 5) is 5.03. The third-order valence-electron chi connectivity index (χ3n) is 5.83. The van der Waals surface area contributed by atoms with Crippen LogP contribution < -0.4 is 0 Å². The Balaban J connectivity index is 1.55. The fourth-order valence-corrected chi connectivity index (χ4v) is 5.63. The molecule has 0 radical (unpaired) electrons. The number of rotatable bonds is 4. The minimum atomic E-state index is 0.386. The van der Waals surface area contributed by atoms with Crippen LogP contribution in [0.2, 0.25) is 0 Å². The number of hydrogen-bond acceptors (Lipinski definition) is 4. The molecule has 1 aliphatic carbocycles. The van der Waals surface area contributed by atoms with E-state index in [2.05, 4.69) is 67.1 Å². The standard InChI is InChI=1S/C21H24I2N2O2/c22-16-5-7-20(26)14(9-16)11-24-13-25(19-4-2-1-3-18(19)24)12-15-10-17(23)6-8-21(15)27/h5-10,18-19,26-27H,1-4,11-13H2/t18-,19+. The Morgan fingerprint density at radius 1 is 0.778 bits per heavy atom. The molecule has 6 heteroatoms. The maximum Gasteiger partial charge on any atom is 0.120 e. The molecule has 2 N–H and O–H groups in total. The molecule has 1 heterocycles. The molecule has 1 saturated carbocycles. The van der Waals surface area contributed by atoms with Gasteiger partial charge in [0.1, 0.15) is 11.5 Å². The maximum atomic E-state index is 10.3. The van der Waals surface area contributed by atoms with Gasteiger partial charge in [-0.1, -0.05) is 12.8 Å². The summed E-state index contributed by atoms with van der Waals surface area (Å²) < 4.78 is 2.31. The Bertz CT molecular complexity index is 762. The van der Waals surface area contributed by atoms with Gasteiger partial charge in [-0.2, -0.15) is 0 Å². The van der Waals surface area contributed by atoms with Gasteiger partial charge >= 0.3 is 0 Å². The average molecular weight is 590 g/mol. The van der Waals surface area contributed by atoms with E-state index in [1.165, 1.54) is 25.7 Å². The fourth-order valence-electron chi connectivity index (χ4n) is 4.52. The first-order valence-corrected chi connectivity index (χ1v) is 11.6. The van der Waals surface area contributed by atoms with E-state index >= 15 is 0 Å². The number of phenols is 2. The van der Waals surface area contributed by atoms with Crippen molar-refractivity contribution in [3.05, 3.63) is 54.7 Å². The highest BCUT2D eigenvalue weighted by atomic mass is 127. The summed E-state index contributed by atoms with van der Waals surface area (Å²) >= 11 is 4.61. The van der Waals surface area contributed by atoms with Crippen LogP contribution in [-0.4, -0.2) is 38.8 Å². The Kier molecular flexibility index (Phi) is 6.15. The molecule has 2 aromatic rings. The third kappa shape index (κ3) is 4.38. The van der Waals surface area contributed by atoms with Gasteiger partial charge in [0, 0.05) is 43.4 Å². The second kappa shape index (κ2) is 8.42. The lowest BCUT2D eigenvalue weighted by atomic mass is 9.90. The molecule has 0 unspecified atom stereocenters. The molecule has 0 aromatic heterocycles. The van der Waals surface area contributed by atoms with E-state index < -0.39 is 0 Å². The van der Waals surface area contributed by atoms with E-state index in [1.54, 1.807) is 12.1 Å². The normalized spacial score (nSPS) is 23.5.